The van der Waals surface area contributed by atoms with Gasteiger partial charge in [-0.3, -0.25) is 19.4 Å². The van der Waals surface area contributed by atoms with Crippen molar-refractivity contribution in [2.24, 2.45) is 0 Å². The maximum Gasteiger partial charge on any atom is 0.319 e. The van der Waals surface area contributed by atoms with Crippen LogP contribution in [0.15, 0.2) is 67.0 Å². The van der Waals surface area contributed by atoms with Crippen molar-refractivity contribution in [1.82, 2.24) is 20.5 Å². The van der Waals surface area contributed by atoms with Gasteiger partial charge >= 0.3 is 12.0 Å². The molecule has 0 spiro atoms. The Labute approximate surface area is 255 Å². The number of pyridine rings is 1. The van der Waals surface area contributed by atoms with Gasteiger partial charge < -0.3 is 30.9 Å². The van der Waals surface area contributed by atoms with Crippen LogP contribution in [0.4, 0.5) is 16.2 Å². The summed E-state index contributed by atoms with van der Waals surface area (Å²) in [5, 5.41) is 26.9. The quantitative estimate of drug-likeness (QED) is 0.274. The fourth-order valence-corrected chi connectivity index (χ4v) is 4.94. The first-order valence-corrected chi connectivity index (χ1v) is 14.4. The van der Waals surface area contributed by atoms with Crippen molar-refractivity contribution < 1.29 is 24.3 Å². The predicted octanol–water partition coefficient (Wildman–Crippen LogP) is 3.78. The highest BCUT2D eigenvalue weighted by Crippen LogP contribution is 2.29. The first-order valence-electron chi connectivity index (χ1n) is 14.4. The summed E-state index contributed by atoms with van der Waals surface area (Å²) in [4.78, 5) is 58.6. The number of urea groups is 1. The summed E-state index contributed by atoms with van der Waals surface area (Å²) in [5.74, 6) is -1.69. The molecule has 0 radical (unpaired) electrons. The van der Waals surface area contributed by atoms with Crippen LogP contribution < -0.4 is 20.9 Å². The van der Waals surface area contributed by atoms with E-state index in [0.717, 1.165) is 6.42 Å². The number of carbonyl (C=O) groups excluding carboxylic acids is 3. The number of carboxylic acids is 1. The van der Waals surface area contributed by atoms with E-state index in [9.17, 15) is 24.3 Å². The lowest BCUT2D eigenvalue weighted by molar-refractivity contribution is -0.137. The lowest BCUT2D eigenvalue weighted by atomic mass is 10.0. The number of hydrogen-bond donors (Lipinski definition) is 4. The number of carboxylic acid groups (broad SMARTS) is 1. The molecule has 0 bridgehead atoms. The van der Waals surface area contributed by atoms with E-state index >= 15 is 0 Å². The molecule has 4 amide bonds. The van der Waals surface area contributed by atoms with Crippen molar-refractivity contribution >= 4 is 35.2 Å². The third-order valence-corrected chi connectivity index (χ3v) is 7.20. The number of benzene rings is 2. The van der Waals surface area contributed by atoms with E-state index in [1.165, 1.54) is 6.20 Å². The number of rotatable bonds is 10. The van der Waals surface area contributed by atoms with Gasteiger partial charge in [0.15, 0.2) is 0 Å². The SMILES string of the molecule is CCCNC(=O)Nc1cc(C(=O)NC(CC(=O)O)c2cccnc2)ccc1N1CCCN(C(=O)c2ccc(C#N)cc2)CC1. The summed E-state index contributed by atoms with van der Waals surface area (Å²) in [5.41, 5.74) is 2.89. The van der Waals surface area contributed by atoms with Crippen molar-refractivity contribution in [2.75, 3.05) is 42.9 Å². The Morgan fingerprint density at radius 2 is 1.80 bits per heavy atom. The molecule has 12 nitrogen and oxygen atoms in total. The Kier molecular flexibility index (Phi) is 10.8. The van der Waals surface area contributed by atoms with Crippen LogP contribution in [0.25, 0.3) is 0 Å². The molecule has 2 aromatic carbocycles. The van der Waals surface area contributed by atoms with Crippen molar-refractivity contribution in [3.63, 3.8) is 0 Å². The fraction of sp³-hybridized carbons (Fsp3) is 0.312. The van der Waals surface area contributed by atoms with Gasteiger partial charge in [-0.15, -0.1) is 0 Å². The molecule has 1 fully saturated rings. The topological polar surface area (TPSA) is 168 Å². The van der Waals surface area contributed by atoms with E-state index in [1.54, 1.807) is 65.7 Å². The van der Waals surface area contributed by atoms with Gasteiger partial charge in [-0.05, 0) is 66.9 Å². The van der Waals surface area contributed by atoms with Crippen molar-refractivity contribution in [3.05, 3.63) is 89.2 Å². The molecule has 1 unspecified atom stereocenters. The highest BCUT2D eigenvalue weighted by Gasteiger charge is 2.24. The average molecular weight is 598 g/mol. The monoisotopic (exact) mass is 597 g/mol. The number of carbonyl (C=O) groups is 4. The minimum absolute atomic E-state index is 0.120. The van der Waals surface area contributed by atoms with Crippen LogP contribution in [0.2, 0.25) is 0 Å². The summed E-state index contributed by atoms with van der Waals surface area (Å²) >= 11 is 0. The van der Waals surface area contributed by atoms with E-state index < -0.39 is 23.9 Å². The van der Waals surface area contributed by atoms with Crippen LogP contribution >= 0.6 is 0 Å². The Morgan fingerprint density at radius 3 is 2.48 bits per heavy atom. The van der Waals surface area contributed by atoms with Crippen molar-refractivity contribution in [2.45, 2.75) is 32.2 Å². The molecule has 3 aromatic rings. The lowest BCUT2D eigenvalue weighted by Gasteiger charge is -2.27. The predicted molar refractivity (Wildman–Crippen MR) is 164 cm³/mol. The number of aromatic nitrogens is 1. The van der Waals surface area contributed by atoms with E-state index in [-0.39, 0.29) is 17.9 Å². The van der Waals surface area contributed by atoms with Crippen molar-refractivity contribution in [1.29, 1.82) is 5.26 Å². The largest absolute Gasteiger partial charge is 0.481 e. The van der Waals surface area contributed by atoms with Crippen LogP contribution in [0.1, 0.15) is 64.1 Å². The molecule has 4 rings (SSSR count). The maximum absolute atomic E-state index is 13.3. The Bertz CT molecular complexity index is 1520. The van der Waals surface area contributed by atoms with Gasteiger partial charge in [0.1, 0.15) is 0 Å². The molecule has 44 heavy (non-hydrogen) atoms. The highest BCUT2D eigenvalue weighted by molar-refractivity contribution is 6.00. The Hall–Kier alpha value is -5.44. The minimum atomic E-state index is -1.07. The first kappa shape index (κ1) is 31.5. The molecular formula is C32H35N7O5. The molecule has 1 aliphatic rings. The van der Waals surface area contributed by atoms with Crippen molar-refractivity contribution in [3.8, 4) is 6.07 Å². The molecule has 0 aliphatic carbocycles. The minimum Gasteiger partial charge on any atom is -0.481 e. The number of nitrogens with zero attached hydrogens (tertiary/aromatic N) is 4. The van der Waals surface area contributed by atoms with Gasteiger partial charge in [0.25, 0.3) is 11.8 Å². The van der Waals surface area contributed by atoms with Gasteiger partial charge in [0.2, 0.25) is 0 Å². The van der Waals surface area contributed by atoms with E-state index in [0.29, 0.717) is 67.2 Å². The summed E-state index contributed by atoms with van der Waals surface area (Å²) in [6.07, 6.45) is 4.17. The Morgan fingerprint density at radius 1 is 1.02 bits per heavy atom. The number of aliphatic carboxylic acids is 1. The molecular weight excluding hydrogens is 562 g/mol. The molecule has 228 valence electrons. The van der Waals surface area contributed by atoms with Gasteiger partial charge in [-0.1, -0.05) is 13.0 Å². The number of nitriles is 1. The lowest BCUT2D eigenvalue weighted by Crippen LogP contribution is -2.36. The van der Waals surface area contributed by atoms with Gasteiger partial charge in [0.05, 0.1) is 35.5 Å². The Balaban J connectivity index is 1.55. The third kappa shape index (κ3) is 8.32. The molecule has 1 saturated heterocycles. The molecule has 4 N–H and O–H groups in total. The van der Waals surface area contributed by atoms with Crippen LogP contribution in [-0.4, -0.2) is 71.5 Å². The zero-order chi connectivity index (χ0) is 31.5. The number of nitrogens with one attached hydrogen (secondary N) is 3. The van der Waals surface area contributed by atoms with Gasteiger partial charge in [-0.2, -0.15) is 5.26 Å². The zero-order valence-corrected chi connectivity index (χ0v) is 24.5. The summed E-state index contributed by atoms with van der Waals surface area (Å²) in [7, 11) is 0. The second-order valence-corrected chi connectivity index (χ2v) is 10.3. The maximum atomic E-state index is 13.3. The van der Waals surface area contributed by atoms with Gasteiger partial charge in [-0.25, -0.2) is 4.79 Å². The average Bonchev–Trinajstić information content (AvgIpc) is 3.29. The summed E-state index contributed by atoms with van der Waals surface area (Å²) in [6.45, 7) is 4.48. The standard InChI is InChI=1S/C32H35N7O5/c1-2-12-35-32(44)37-27-18-24(30(42)36-26(19-29(40)41)25-5-3-13-34-21-25)10-11-28(27)38-14-4-15-39(17-16-38)31(43)23-8-6-22(20-33)7-9-23/h3,5-11,13,18,21,26H,2,4,12,14-17,19H2,1H3,(H,36,42)(H,40,41)(H2,35,37,44). The smallest absolute Gasteiger partial charge is 0.319 e. The van der Waals surface area contributed by atoms with E-state index in [2.05, 4.69) is 31.9 Å². The number of amides is 4. The molecule has 1 aromatic heterocycles. The zero-order valence-electron chi connectivity index (χ0n) is 24.5. The second-order valence-electron chi connectivity index (χ2n) is 10.3. The normalized spacial score (nSPS) is 13.6. The number of hydrogen-bond acceptors (Lipinski definition) is 7. The van der Waals surface area contributed by atoms with Crippen LogP contribution in [-0.2, 0) is 4.79 Å². The van der Waals surface area contributed by atoms with Gasteiger partial charge in [0, 0.05) is 56.2 Å². The van der Waals surface area contributed by atoms with Crippen LogP contribution in [0.3, 0.4) is 0 Å². The highest BCUT2D eigenvalue weighted by atomic mass is 16.4. The molecule has 0 saturated carbocycles. The van der Waals surface area contributed by atoms with E-state index in [4.69, 9.17) is 5.26 Å². The van der Waals surface area contributed by atoms with E-state index in [1.807, 2.05) is 6.92 Å². The molecule has 12 heteroatoms. The third-order valence-electron chi connectivity index (χ3n) is 7.20. The fourth-order valence-electron chi connectivity index (χ4n) is 4.94. The second kappa shape index (κ2) is 15.2. The summed E-state index contributed by atoms with van der Waals surface area (Å²) in [6, 6.07) is 15.7. The molecule has 1 aliphatic heterocycles. The first-order chi connectivity index (χ1) is 21.3. The summed E-state index contributed by atoms with van der Waals surface area (Å²) < 4.78 is 0. The number of anilines is 2. The molecule has 2 heterocycles. The van der Waals surface area contributed by atoms with Crippen LogP contribution in [0.5, 0.6) is 0 Å². The van der Waals surface area contributed by atoms with Crippen LogP contribution in [0, 0.1) is 11.3 Å². The molecule has 1 atom stereocenters.